The molecular weight excluding hydrogens is 274 g/mol. The van der Waals surface area contributed by atoms with Crippen LogP contribution in [0.4, 0.5) is 0 Å². The molecule has 0 aliphatic heterocycles. The SMILES string of the molecule is CC(O)c1ccc(-c2nc3cc(C(C)(C)C)ccc3o2)cc1. The number of fused-ring (bicyclic) bond motifs is 1. The second-order valence-electron chi connectivity index (χ2n) is 6.75. The number of benzene rings is 2. The average molecular weight is 295 g/mol. The lowest BCUT2D eigenvalue weighted by molar-refractivity contribution is 0.199. The summed E-state index contributed by atoms with van der Waals surface area (Å²) in [5.41, 5.74) is 4.80. The van der Waals surface area contributed by atoms with E-state index in [1.807, 2.05) is 30.3 Å². The number of aromatic nitrogens is 1. The van der Waals surface area contributed by atoms with Crippen molar-refractivity contribution >= 4 is 11.1 Å². The van der Waals surface area contributed by atoms with Crippen LogP contribution in [0, 0.1) is 0 Å². The van der Waals surface area contributed by atoms with Crippen LogP contribution >= 0.6 is 0 Å². The summed E-state index contributed by atoms with van der Waals surface area (Å²) in [4.78, 5) is 4.60. The standard InChI is InChI=1S/C19H21NO2/c1-12(21)13-5-7-14(8-6-13)18-20-16-11-15(19(2,3)4)9-10-17(16)22-18/h5-12,21H,1-4H3. The van der Waals surface area contributed by atoms with Crippen molar-refractivity contribution < 1.29 is 9.52 Å². The van der Waals surface area contributed by atoms with Crippen LogP contribution in [0.5, 0.6) is 0 Å². The molecule has 1 aromatic heterocycles. The maximum atomic E-state index is 9.57. The Morgan fingerprint density at radius 2 is 1.73 bits per heavy atom. The van der Waals surface area contributed by atoms with Crippen molar-refractivity contribution in [1.29, 1.82) is 0 Å². The summed E-state index contributed by atoms with van der Waals surface area (Å²) < 4.78 is 5.85. The molecule has 1 unspecified atom stereocenters. The number of hydrogen-bond acceptors (Lipinski definition) is 3. The Morgan fingerprint density at radius 3 is 2.32 bits per heavy atom. The zero-order valence-corrected chi connectivity index (χ0v) is 13.4. The monoisotopic (exact) mass is 295 g/mol. The third-order valence-electron chi connectivity index (χ3n) is 3.89. The summed E-state index contributed by atoms with van der Waals surface area (Å²) in [7, 11) is 0. The highest BCUT2D eigenvalue weighted by Crippen LogP contribution is 2.29. The average Bonchev–Trinajstić information content (AvgIpc) is 2.89. The van der Waals surface area contributed by atoms with Crippen LogP contribution in [0.3, 0.4) is 0 Å². The minimum atomic E-state index is -0.466. The zero-order valence-electron chi connectivity index (χ0n) is 13.4. The Bertz CT molecular complexity index is 792. The molecule has 114 valence electrons. The Labute approximate surface area is 130 Å². The molecule has 3 aromatic rings. The van der Waals surface area contributed by atoms with Crippen LogP contribution in [-0.4, -0.2) is 10.1 Å². The highest BCUT2D eigenvalue weighted by molar-refractivity contribution is 5.77. The van der Waals surface area contributed by atoms with Crippen LogP contribution in [-0.2, 0) is 5.41 Å². The van der Waals surface area contributed by atoms with E-state index in [-0.39, 0.29) is 5.41 Å². The van der Waals surface area contributed by atoms with Crippen LogP contribution in [0.1, 0.15) is 44.9 Å². The molecule has 1 heterocycles. The van der Waals surface area contributed by atoms with Crippen molar-refractivity contribution in [2.45, 2.75) is 39.2 Å². The van der Waals surface area contributed by atoms with Gasteiger partial charge in [0.05, 0.1) is 6.10 Å². The number of nitrogens with zero attached hydrogens (tertiary/aromatic N) is 1. The molecule has 1 atom stereocenters. The van der Waals surface area contributed by atoms with Crippen LogP contribution in [0.15, 0.2) is 46.9 Å². The van der Waals surface area contributed by atoms with Crippen LogP contribution in [0.25, 0.3) is 22.6 Å². The summed E-state index contributed by atoms with van der Waals surface area (Å²) in [5, 5.41) is 9.57. The van der Waals surface area contributed by atoms with Gasteiger partial charge >= 0.3 is 0 Å². The van der Waals surface area contributed by atoms with E-state index >= 15 is 0 Å². The Kier molecular flexibility index (Phi) is 3.53. The van der Waals surface area contributed by atoms with Gasteiger partial charge in [-0.15, -0.1) is 0 Å². The van der Waals surface area contributed by atoms with E-state index in [9.17, 15) is 5.11 Å². The minimum absolute atomic E-state index is 0.0895. The molecule has 3 rings (SSSR count). The fourth-order valence-corrected chi connectivity index (χ4v) is 2.42. The van der Waals surface area contributed by atoms with Gasteiger partial charge in [0.1, 0.15) is 5.52 Å². The first-order valence-corrected chi connectivity index (χ1v) is 7.54. The highest BCUT2D eigenvalue weighted by Gasteiger charge is 2.16. The number of rotatable bonds is 2. The van der Waals surface area contributed by atoms with Gasteiger partial charge in [-0.2, -0.15) is 0 Å². The van der Waals surface area contributed by atoms with Gasteiger partial charge in [-0.05, 0) is 47.7 Å². The van der Waals surface area contributed by atoms with Crippen molar-refractivity contribution in [3.63, 3.8) is 0 Å². The largest absolute Gasteiger partial charge is 0.436 e. The first-order valence-electron chi connectivity index (χ1n) is 7.54. The second kappa shape index (κ2) is 5.25. The molecule has 22 heavy (non-hydrogen) atoms. The maximum Gasteiger partial charge on any atom is 0.227 e. The molecule has 0 aliphatic rings. The quantitative estimate of drug-likeness (QED) is 0.735. The molecule has 0 radical (unpaired) electrons. The summed E-state index contributed by atoms with van der Waals surface area (Å²) in [6.45, 7) is 8.31. The topological polar surface area (TPSA) is 46.3 Å². The van der Waals surface area contributed by atoms with E-state index in [1.54, 1.807) is 6.92 Å². The Morgan fingerprint density at radius 1 is 1.05 bits per heavy atom. The number of aliphatic hydroxyl groups is 1. The number of oxazole rings is 1. The fraction of sp³-hybridized carbons (Fsp3) is 0.316. The van der Waals surface area contributed by atoms with Crippen molar-refractivity contribution in [2.24, 2.45) is 0 Å². The third kappa shape index (κ3) is 2.77. The Hall–Kier alpha value is -2.13. The number of hydrogen-bond donors (Lipinski definition) is 1. The molecule has 0 aliphatic carbocycles. The van der Waals surface area contributed by atoms with E-state index in [4.69, 9.17) is 4.42 Å². The third-order valence-corrected chi connectivity index (χ3v) is 3.89. The summed E-state index contributed by atoms with van der Waals surface area (Å²) in [5.74, 6) is 0.609. The molecule has 0 fully saturated rings. The molecule has 0 spiro atoms. The van der Waals surface area contributed by atoms with Crippen LogP contribution < -0.4 is 0 Å². The molecule has 3 nitrogen and oxygen atoms in total. The lowest BCUT2D eigenvalue weighted by Gasteiger charge is -2.18. The van der Waals surface area contributed by atoms with Crippen molar-refractivity contribution in [3.8, 4) is 11.5 Å². The molecule has 0 saturated carbocycles. The second-order valence-corrected chi connectivity index (χ2v) is 6.75. The van der Waals surface area contributed by atoms with E-state index in [1.165, 1.54) is 5.56 Å². The van der Waals surface area contributed by atoms with Gasteiger partial charge in [-0.3, -0.25) is 0 Å². The van der Waals surface area contributed by atoms with Crippen molar-refractivity contribution in [2.75, 3.05) is 0 Å². The highest BCUT2D eigenvalue weighted by atomic mass is 16.3. The van der Waals surface area contributed by atoms with Gasteiger partial charge in [0.25, 0.3) is 0 Å². The Balaban J connectivity index is 2.01. The van der Waals surface area contributed by atoms with Gasteiger partial charge in [0.15, 0.2) is 5.58 Å². The van der Waals surface area contributed by atoms with Crippen molar-refractivity contribution in [3.05, 3.63) is 53.6 Å². The predicted molar refractivity (Wildman–Crippen MR) is 88.8 cm³/mol. The van der Waals surface area contributed by atoms with E-state index in [0.29, 0.717) is 5.89 Å². The lowest BCUT2D eigenvalue weighted by atomic mass is 9.87. The smallest absolute Gasteiger partial charge is 0.227 e. The summed E-state index contributed by atoms with van der Waals surface area (Å²) in [6.07, 6.45) is -0.466. The molecule has 2 aromatic carbocycles. The van der Waals surface area contributed by atoms with E-state index in [2.05, 4.69) is 37.9 Å². The molecule has 1 N–H and O–H groups in total. The predicted octanol–water partition coefficient (Wildman–Crippen LogP) is 4.85. The van der Waals surface area contributed by atoms with Crippen LogP contribution in [0.2, 0.25) is 0 Å². The normalized spacial score (nSPS) is 13.5. The number of aliphatic hydroxyl groups excluding tert-OH is 1. The molecule has 0 amide bonds. The van der Waals surface area contributed by atoms with Gasteiger partial charge < -0.3 is 9.52 Å². The van der Waals surface area contributed by atoms with E-state index in [0.717, 1.165) is 22.2 Å². The van der Waals surface area contributed by atoms with Gasteiger partial charge in [0, 0.05) is 5.56 Å². The fourth-order valence-electron chi connectivity index (χ4n) is 2.42. The summed E-state index contributed by atoms with van der Waals surface area (Å²) >= 11 is 0. The molecular formula is C19H21NO2. The molecule has 3 heteroatoms. The van der Waals surface area contributed by atoms with Gasteiger partial charge in [-0.1, -0.05) is 39.0 Å². The minimum Gasteiger partial charge on any atom is -0.436 e. The molecule has 0 saturated heterocycles. The van der Waals surface area contributed by atoms with Gasteiger partial charge in [0.2, 0.25) is 5.89 Å². The molecule has 0 bridgehead atoms. The first-order chi connectivity index (χ1) is 10.3. The zero-order chi connectivity index (χ0) is 15.9. The van der Waals surface area contributed by atoms with Crippen molar-refractivity contribution in [1.82, 2.24) is 4.98 Å². The first kappa shape index (κ1) is 14.8. The van der Waals surface area contributed by atoms with E-state index < -0.39 is 6.10 Å². The maximum absolute atomic E-state index is 9.57. The lowest BCUT2D eigenvalue weighted by Crippen LogP contribution is -2.10. The van der Waals surface area contributed by atoms with Gasteiger partial charge in [-0.25, -0.2) is 4.98 Å². The summed E-state index contributed by atoms with van der Waals surface area (Å²) in [6, 6.07) is 13.8.